The molecule has 2 N–H and O–H groups in total. The van der Waals surface area contributed by atoms with Crippen molar-refractivity contribution in [3.05, 3.63) is 24.2 Å². The molecular formula is C14H21N3OS. The molecule has 1 heterocycles. The Morgan fingerprint density at radius 2 is 2.21 bits per heavy atom. The molecule has 0 unspecified atom stereocenters. The molecule has 1 aromatic rings. The molecule has 104 valence electrons. The third-order valence-corrected chi connectivity index (χ3v) is 3.84. The normalized spacial score (nSPS) is 24.0. The first-order valence-electron chi connectivity index (χ1n) is 6.81. The van der Waals surface area contributed by atoms with Crippen molar-refractivity contribution in [2.45, 2.75) is 45.6 Å². The molecule has 2 rings (SSSR count). The zero-order valence-electron chi connectivity index (χ0n) is 11.5. The largest absolute Gasteiger partial charge is 0.463 e. The molecule has 2 atom stereocenters. The maximum absolute atomic E-state index is 5.28. The third kappa shape index (κ3) is 4.06. The quantitative estimate of drug-likeness (QED) is 0.507. The summed E-state index contributed by atoms with van der Waals surface area (Å²) in [5.74, 6) is 1.42. The lowest BCUT2D eigenvalue weighted by atomic mass is 9.86. The van der Waals surface area contributed by atoms with Crippen LogP contribution < -0.4 is 10.7 Å². The van der Waals surface area contributed by atoms with Gasteiger partial charge < -0.3 is 9.73 Å². The second-order valence-electron chi connectivity index (χ2n) is 5.13. The summed E-state index contributed by atoms with van der Waals surface area (Å²) in [6, 6.07) is 4.18. The Morgan fingerprint density at radius 3 is 2.89 bits per heavy atom. The number of hydrogen-bond acceptors (Lipinski definition) is 3. The van der Waals surface area contributed by atoms with Crippen molar-refractivity contribution in [2.75, 3.05) is 0 Å². The zero-order chi connectivity index (χ0) is 13.7. The van der Waals surface area contributed by atoms with Gasteiger partial charge in [0.1, 0.15) is 11.5 Å². The van der Waals surface area contributed by atoms with Crippen molar-refractivity contribution in [3.8, 4) is 0 Å². The van der Waals surface area contributed by atoms with Crippen LogP contribution in [-0.4, -0.2) is 16.9 Å². The van der Waals surface area contributed by atoms with Gasteiger partial charge in [0.15, 0.2) is 5.11 Å². The van der Waals surface area contributed by atoms with Crippen LogP contribution in [0.5, 0.6) is 0 Å². The lowest BCUT2D eigenvalue weighted by Crippen LogP contribution is -2.44. The Kier molecular flexibility index (Phi) is 4.96. The van der Waals surface area contributed by atoms with Gasteiger partial charge in [0.25, 0.3) is 0 Å². The fourth-order valence-corrected chi connectivity index (χ4v) is 2.60. The molecule has 1 aliphatic rings. The molecule has 1 saturated carbocycles. The van der Waals surface area contributed by atoms with Gasteiger partial charge in [-0.05, 0) is 50.0 Å². The van der Waals surface area contributed by atoms with Crippen LogP contribution in [-0.2, 0) is 0 Å². The highest BCUT2D eigenvalue weighted by molar-refractivity contribution is 7.80. The van der Waals surface area contributed by atoms with E-state index in [1.54, 1.807) is 6.26 Å². The SMILES string of the molecule is C/C(=N/NC(=S)N[C@H]1CCCC[C@@H]1C)c1ccco1. The van der Waals surface area contributed by atoms with Crippen LogP contribution in [0.3, 0.4) is 0 Å². The van der Waals surface area contributed by atoms with Gasteiger partial charge >= 0.3 is 0 Å². The minimum atomic E-state index is 0.466. The van der Waals surface area contributed by atoms with Crippen molar-refractivity contribution < 1.29 is 4.42 Å². The van der Waals surface area contributed by atoms with Crippen LogP contribution in [0.1, 0.15) is 45.3 Å². The van der Waals surface area contributed by atoms with Crippen molar-refractivity contribution in [1.29, 1.82) is 0 Å². The molecule has 1 fully saturated rings. The van der Waals surface area contributed by atoms with Gasteiger partial charge in [-0.2, -0.15) is 5.10 Å². The average molecular weight is 279 g/mol. The highest BCUT2D eigenvalue weighted by atomic mass is 32.1. The summed E-state index contributed by atoms with van der Waals surface area (Å²) in [6.07, 6.45) is 6.70. The van der Waals surface area contributed by atoms with E-state index in [-0.39, 0.29) is 0 Å². The first-order valence-corrected chi connectivity index (χ1v) is 7.22. The van der Waals surface area contributed by atoms with E-state index < -0.39 is 0 Å². The number of nitrogens with one attached hydrogen (secondary N) is 2. The van der Waals surface area contributed by atoms with E-state index in [1.807, 2.05) is 19.1 Å². The summed E-state index contributed by atoms with van der Waals surface area (Å²) < 4.78 is 5.26. The Labute approximate surface area is 119 Å². The minimum Gasteiger partial charge on any atom is -0.463 e. The standard InChI is InChI=1S/C14H21N3OS/c1-10-6-3-4-7-12(10)15-14(19)17-16-11(2)13-8-5-9-18-13/h5,8-10,12H,3-4,6-7H2,1-2H3,(H2,15,17,19)/b16-11-/t10-,12-/m0/s1. The predicted octanol–water partition coefficient (Wildman–Crippen LogP) is 3.05. The molecule has 19 heavy (non-hydrogen) atoms. The maximum Gasteiger partial charge on any atom is 0.187 e. The number of rotatable bonds is 3. The average Bonchev–Trinajstić information content (AvgIpc) is 2.93. The van der Waals surface area contributed by atoms with Crippen LogP contribution >= 0.6 is 12.2 Å². The van der Waals surface area contributed by atoms with Gasteiger partial charge in [-0.1, -0.05) is 19.8 Å². The summed E-state index contributed by atoms with van der Waals surface area (Å²) in [5, 5.41) is 8.17. The van der Waals surface area contributed by atoms with Crippen LogP contribution in [0.2, 0.25) is 0 Å². The second kappa shape index (κ2) is 6.70. The lowest BCUT2D eigenvalue weighted by molar-refractivity contribution is 0.308. The Balaban J connectivity index is 1.82. The number of nitrogens with zero attached hydrogens (tertiary/aromatic N) is 1. The van der Waals surface area contributed by atoms with E-state index in [0.717, 1.165) is 11.5 Å². The van der Waals surface area contributed by atoms with Crippen LogP contribution in [0.4, 0.5) is 0 Å². The van der Waals surface area contributed by atoms with E-state index in [4.69, 9.17) is 16.6 Å². The predicted molar refractivity (Wildman–Crippen MR) is 81.2 cm³/mol. The van der Waals surface area contributed by atoms with E-state index in [2.05, 4.69) is 22.8 Å². The van der Waals surface area contributed by atoms with Crippen molar-refractivity contribution in [1.82, 2.24) is 10.7 Å². The number of hydrazone groups is 1. The third-order valence-electron chi connectivity index (χ3n) is 3.63. The van der Waals surface area contributed by atoms with Gasteiger partial charge in [0.2, 0.25) is 0 Å². The molecule has 0 spiro atoms. The van der Waals surface area contributed by atoms with Crippen molar-refractivity contribution >= 4 is 23.0 Å². The number of furan rings is 1. The summed E-state index contributed by atoms with van der Waals surface area (Å²) >= 11 is 5.28. The van der Waals surface area contributed by atoms with Crippen molar-refractivity contribution in [2.24, 2.45) is 11.0 Å². The second-order valence-corrected chi connectivity index (χ2v) is 5.54. The van der Waals surface area contributed by atoms with Crippen LogP contribution in [0, 0.1) is 5.92 Å². The molecule has 5 heteroatoms. The van der Waals surface area contributed by atoms with Crippen LogP contribution in [0.25, 0.3) is 0 Å². The fourth-order valence-electron chi connectivity index (χ4n) is 2.41. The van der Waals surface area contributed by atoms with Gasteiger partial charge in [0.05, 0.1) is 6.26 Å². The van der Waals surface area contributed by atoms with Gasteiger partial charge in [-0.3, -0.25) is 5.43 Å². The first kappa shape index (κ1) is 14.1. The summed E-state index contributed by atoms with van der Waals surface area (Å²) in [4.78, 5) is 0. The molecule has 0 aliphatic heterocycles. The molecule has 0 radical (unpaired) electrons. The Morgan fingerprint density at radius 1 is 1.42 bits per heavy atom. The molecule has 0 amide bonds. The van der Waals surface area contributed by atoms with Gasteiger partial charge in [0, 0.05) is 6.04 Å². The highest BCUT2D eigenvalue weighted by Crippen LogP contribution is 2.23. The monoisotopic (exact) mass is 279 g/mol. The topological polar surface area (TPSA) is 49.6 Å². The van der Waals surface area contributed by atoms with Gasteiger partial charge in [-0.25, -0.2) is 0 Å². The van der Waals surface area contributed by atoms with E-state index in [9.17, 15) is 0 Å². The maximum atomic E-state index is 5.28. The molecular weight excluding hydrogens is 258 g/mol. The summed E-state index contributed by atoms with van der Waals surface area (Å²) in [6.45, 7) is 4.16. The molecule has 0 aromatic carbocycles. The Bertz CT molecular complexity index is 442. The van der Waals surface area contributed by atoms with Gasteiger partial charge in [-0.15, -0.1) is 0 Å². The first-order chi connectivity index (χ1) is 9.16. The van der Waals surface area contributed by atoms with Crippen molar-refractivity contribution in [3.63, 3.8) is 0 Å². The molecule has 4 nitrogen and oxygen atoms in total. The fraction of sp³-hybridized carbons (Fsp3) is 0.571. The molecule has 0 bridgehead atoms. The summed E-state index contributed by atoms with van der Waals surface area (Å²) in [5.41, 5.74) is 3.67. The number of hydrogen-bond donors (Lipinski definition) is 2. The van der Waals surface area contributed by atoms with Crippen LogP contribution in [0.15, 0.2) is 27.9 Å². The molecule has 0 saturated heterocycles. The zero-order valence-corrected chi connectivity index (χ0v) is 12.3. The Hall–Kier alpha value is -1.36. The number of thiocarbonyl (C=S) groups is 1. The smallest absolute Gasteiger partial charge is 0.187 e. The van der Waals surface area contributed by atoms with E-state index in [1.165, 1.54) is 25.7 Å². The summed E-state index contributed by atoms with van der Waals surface area (Å²) in [7, 11) is 0. The molecule has 1 aliphatic carbocycles. The lowest BCUT2D eigenvalue weighted by Gasteiger charge is -2.30. The van der Waals surface area contributed by atoms with E-state index >= 15 is 0 Å². The molecule has 1 aromatic heterocycles. The minimum absolute atomic E-state index is 0.466. The highest BCUT2D eigenvalue weighted by Gasteiger charge is 2.21. The van der Waals surface area contributed by atoms with E-state index in [0.29, 0.717) is 17.1 Å².